The minimum absolute atomic E-state index is 1.32. The van der Waals surface area contributed by atoms with Crippen molar-refractivity contribution in [2.75, 3.05) is 0 Å². The van der Waals surface area contributed by atoms with Crippen molar-refractivity contribution in [2.45, 2.75) is 54.4 Å². The van der Waals surface area contributed by atoms with Gasteiger partial charge in [-0.05, 0) is 27.7 Å². The number of hydrogen-bond acceptors (Lipinski definition) is 0. The van der Waals surface area contributed by atoms with Crippen LogP contribution in [0.3, 0.4) is 0 Å². The Balaban J connectivity index is -0.0000000317. The molecule has 0 heterocycles. The number of hydrogen-bond donors (Lipinski definition) is 0. The van der Waals surface area contributed by atoms with E-state index < -0.39 is 0 Å². The summed E-state index contributed by atoms with van der Waals surface area (Å²) in [6, 6.07) is 0. The molecule has 0 radical (unpaired) electrons. The Labute approximate surface area is 105 Å². The molecule has 0 aromatic heterocycles. The normalized spacial score (nSPS) is 5.12. The second-order valence-electron chi connectivity index (χ2n) is 2.63. The van der Waals surface area contributed by atoms with Crippen LogP contribution in [-0.4, -0.2) is 0 Å². The van der Waals surface area contributed by atoms with Crippen molar-refractivity contribution >= 4 is 0 Å². The lowest BCUT2D eigenvalue weighted by atomic mass is 10.4. The SMILES string of the molecule is C=CC.C=CC.C=CC.C=CC.CCCC. The van der Waals surface area contributed by atoms with Gasteiger partial charge in [-0.25, -0.2) is 0 Å². The summed E-state index contributed by atoms with van der Waals surface area (Å²) < 4.78 is 0. The fraction of sp³-hybridized carbons (Fsp3) is 0.500. The summed E-state index contributed by atoms with van der Waals surface area (Å²) in [5, 5.41) is 0. The lowest BCUT2D eigenvalue weighted by Gasteiger charge is -1.68. The highest BCUT2D eigenvalue weighted by atomic mass is 13.6. The van der Waals surface area contributed by atoms with Gasteiger partial charge in [-0.1, -0.05) is 51.0 Å². The van der Waals surface area contributed by atoms with Crippen LogP contribution in [0.25, 0.3) is 0 Å². The van der Waals surface area contributed by atoms with Gasteiger partial charge in [-0.15, -0.1) is 26.3 Å². The van der Waals surface area contributed by atoms with Crippen molar-refractivity contribution in [2.24, 2.45) is 0 Å². The van der Waals surface area contributed by atoms with Gasteiger partial charge in [0.15, 0.2) is 0 Å². The molecule has 0 rings (SSSR count). The number of rotatable bonds is 1. The first-order valence-corrected chi connectivity index (χ1v) is 5.86. The standard InChI is InChI=1S/C4H10.4C3H6/c1-3-4-2;4*1-3-2/h3-4H2,1-2H3;4*3H,1H2,2H3. The van der Waals surface area contributed by atoms with Crippen molar-refractivity contribution in [1.82, 2.24) is 0 Å². The highest BCUT2D eigenvalue weighted by Crippen LogP contribution is 1.76. The van der Waals surface area contributed by atoms with Gasteiger partial charge in [0.05, 0.1) is 0 Å². The minimum atomic E-state index is 1.32. The van der Waals surface area contributed by atoms with Crippen LogP contribution in [0, 0.1) is 0 Å². The molecule has 16 heavy (non-hydrogen) atoms. The Hall–Kier alpha value is -1.04. The Bertz CT molecular complexity index is 72.6. The molecule has 0 saturated heterocycles. The summed E-state index contributed by atoms with van der Waals surface area (Å²) in [7, 11) is 0. The molecule has 0 atom stereocenters. The lowest BCUT2D eigenvalue weighted by molar-refractivity contribution is 0.886. The molecular weight excluding hydrogens is 192 g/mol. The molecule has 0 aromatic carbocycles. The third kappa shape index (κ3) is 1160000. The van der Waals surface area contributed by atoms with Gasteiger partial charge in [-0.2, -0.15) is 0 Å². The Morgan fingerprint density at radius 1 is 0.562 bits per heavy atom. The van der Waals surface area contributed by atoms with E-state index in [2.05, 4.69) is 40.2 Å². The first-order valence-electron chi connectivity index (χ1n) is 5.86. The smallest absolute Gasteiger partial charge is 0.0473 e. The van der Waals surface area contributed by atoms with E-state index in [1.165, 1.54) is 12.8 Å². The average Bonchev–Trinajstić information content (AvgIpc) is 2.22. The molecule has 0 spiro atoms. The van der Waals surface area contributed by atoms with Crippen LogP contribution < -0.4 is 0 Å². The minimum Gasteiger partial charge on any atom is -0.103 e. The maximum Gasteiger partial charge on any atom is -0.0473 e. The van der Waals surface area contributed by atoms with Gasteiger partial charge in [0, 0.05) is 0 Å². The molecule has 0 aliphatic heterocycles. The predicted octanol–water partition coefficient (Wildman–Crippen LogP) is 6.58. The second kappa shape index (κ2) is 95.3. The molecule has 0 N–H and O–H groups in total. The van der Waals surface area contributed by atoms with Gasteiger partial charge in [0.1, 0.15) is 0 Å². The van der Waals surface area contributed by atoms with Crippen LogP contribution in [0.2, 0.25) is 0 Å². The Morgan fingerprint density at radius 3 is 0.625 bits per heavy atom. The van der Waals surface area contributed by atoms with E-state index in [0.717, 1.165) is 0 Å². The monoisotopic (exact) mass is 226 g/mol. The average molecular weight is 226 g/mol. The summed E-state index contributed by atoms with van der Waals surface area (Å²) in [4.78, 5) is 0. The fourth-order valence-electron chi connectivity index (χ4n) is 0. The molecule has 98 valence electrons. The van der Waals surface area contributed by atoms with Crippen LogP contribution in [0.4, 0.5) is 0 Å². The lowest BCUT2D eigenvalue weighted by Crippen LogP contribution is -1.47. The van der Waals surface area contributed by atoms with E-state index in [0.29, 0.717) is 0 Å². The predicted molar refractivity (Wildman–Crippen MR) is 84.1 cm³/mol. The van der Waals surface area contributed by atoms with Crippen LogP contribution in [0.15, 0.2) is 50.6 Å². The van der Waals surface area contributed by atoms with Gasteiger partial charge in [-0.3, -0.25) is 0 Å². The van der Waals surface area contributed by atoms with Gasteiger partial charge < -0.3 is 0 Å². The molecule has 0 unspecified atom stereocenters. The quantitative estimate of drug-likeness (QED) is 0.443. The summed E-state index contributed by atoms with van der Waals surface area (Å²) in [6.45, 7) is 25.4. The maximum atomic E-state index is 3.36. The van der Waals surface area contributed by atoms with Crippen LogP contribution in [-0.2, 0) is 0 Å². The molecule has 0 saturated carbocycles. The van der Waals surface area contributed by atoms with Gasteiger partial charge in [0.2, 0.25) is 0 Å². The first-order chi connectivity index (χ1) is 7.57. The molecule has 0 amide bonds. The topological polar surface area (TPSA) is 0 Å². The van der Waals surface area contributed by atoms with Crippen molar-refractivity contribution in [1.29, 1.82) is 0 Å². The van der Waals surface area contributed by atoms with Crippen molar-refractivity contribution < 1.29 is 0 Å². The summed E-state index contributed by atoms with van der Waals surface area (Å²) in [6.07, 6.45) is 9.64. The summed E-state index contributed by atoms with van der Waals surface area (Å²) in [5.41, 5.74) is 0. The highest BCUT2D eigenvalue weighted by molar-refractivity contribution is 4.52. The zero-order valence-corrected chi connectivity index (χ0v) is 12.6. The molecule has 0 heteroatoms. The molecule has 0 fully saturated rings. The molecule has 0 bridgehead atoms. The third-order valence-corrected chi connectivity index (χ3v) is 0.500. The van der Waals surface area contributed by atoms with E-state index >= 15 is 0 Å². The van der Waals surface area contributed by atoms with E-state index in [-0.39, 0.29) is 0 Å². The number of allylic oxidation sites excluding steroid dienone is 4. The third-order valence-electron chi connectivity index (χ3n) is 0.500. The fourth-order valence-corrected chi connectivity index (χ4v) is 0. The van der Waals surface area contributed by atoms with Crippen molar-refractivity contribution in [3.8, 4) is 0 Å². The zero-order chi connectivity index (χ0) is 14.2. The maximum absolute atomic E-state index is 3.36. The van der Waals surface area contributed by atoms with E-state index in [4.69, 9.17) is 0 Å². The number of unbranched alkanes of at least 4 members (excludes halogenated alkanes) is 1. The summed E-state index contributed by atoms with van der Waals surface area (Å²) >= 11 is 0. The second-order valence-corrected chi connectivity index (χ2v) is 2.63. The van der Waals surface area contributed by atoms with E-state index in [9.17, 15) is 0 Å². The van der Waals surface area contributed by atoms with Gasteiger partial charge >= 0.3 is 0 Å². The molecule has 0 aliphatic carbocycles. The zero-order valence-electron chi connectivity index (χ0n) is 12.6. The highest BCUT2D eigenvalue weighted by Gasteiger charge is 1.56. The Morgan fingerprint density at radius 2 is 0.625 bits per heavy atom. The van der Waals surface area contributed by atoms with Crippen molar-refractivity contribution in [3.63, 3.8) is 0 Å². The van der Waals surface area contributed by atoms with E-state index in [1.54, 1.807) is 24.3 Å². The first kappa shape index (κ1) is 29.4. The van der Waals surface area contributed by atoms with Crippen LogP contribution >= 0.6 is 0 Å². The van der Waals surface area contributed by atoms with Crippen LogP contribution in [0.5, 0.6) is 0 Å². The van der Waals surface area contributed by atoms with Crippen LogP contribution in [0.1, 0.15) is 54.4 Å². The van der Waals surface area contributed by atoms with E-state index in [1.807, 2.05) is 27.7 Å². The van der Waals surface area contributed by atoms with Crippen molar-refractivity contribution in [3.05, 3.63) is 50.6 Å². The molecule has 0 nitrogen and oxygen atoms in total. The van der Waals surface area contributed by atoms with Gasteiger partial charge in [0.25, 0.3) is 0 Å². The summed E-state index contributed by atoms with van der Waals surface area (Å²) in [5.74, 6) is 0. The largest absolute Gasteiger partial charge is 0.103 e. The molecule has 0 aliphatic rings. The molecular formula is C16H34. The molecule has 0 aromatic rings. The Kier molecular flexibility index (Phi) is 175.